The third-order valence-electron chi connectivity index (χ3n) is 6.09. The van der Waals surface area contributed by atoms with Crippen molar-refractivity contribution < 1.29 is 9.90 Å². The van der Waals surface area contributed by atoms with Crippen molar-refractivity contribution in [3.05, 3.63) is 71.8 Å². The number of amides is 1. The highest BCUT2D eigenvalue weighted by Gasteiger charge is 2.43. The molecule has 0 aromatic heterocycles. The molecule has 4 heteroatoms. The second kappa shape index (κ2) is 7.83. The molecule has 27 heavy (non-hydrogen) atoms. The van der Waals surface area contributed by atoms with Gasteiger partial charge in [-0.3, -0.25) is 9.69 Å². The van der Waals surface area contributed by atoms with Crippen molar-refractivity contribution in [2.45, 2.75) is 50.2 Å². The summed E-state index contributed by atoms with van der Waals surface area (Å²) < 4.78 is 0. The summed E-state index contributed by atoms with van der Waals surface area (Å²) in [6, 6.07) is 19.7. The number of likely N-dealkylation sites (tertiary alicyclic amines) is 1. The van der Waals surface area contributed by atoms with E-state index in [1.807, 2.05) is 60.7 Å². The molecule has 3 rings (SSSR count). The van der Waals surface area contributed by atoms with E-state index in [-0.39, 0.29) is 17.6 Å². The molecule has 0 radical (unpaired) electrons. The van der Waals surface area contributed by atoms with Crippen LogP contribution in [0, 0.1) is 0 Å². The van der Waals surface area contributed by atoms with Crippen molar-refractivity contribution in [1.29, 1.82) is 0 Å². The highest BCUT2D eigenvalue weighted by atomic mass is 16.3. The number of aliphatic hydroxyl groups is 1. The van der Waals surface area contributed by atoms with Crippen LogP contribution in [0.3, 0.4) is 0 Å². The first-order valence-corrected chi connectivity index (χ1v) is 9.70. The summed E-state index contributed by atoms with van der Waals surface area (Å²) >= 11 is 0. The van der Waals surface area contributed by atoms with Crippen LogP contribution in [0.25, 0.3) is 0 Å². The summed E-state index contributed by atoms with van der Waals surface area (Å²) in [7, 11) is 0. The fraction of sp³-hybridized carbons (Fsp3) is 0.435. The predicted molar refractivity (Wildman–Crippen MR) is 108 cm³/mol. The lowest BCUT2D eigenvalue weighted by atomic mass is 9.69. The Morgan fingerprint density at radius 3 is 1.96 bits per heavy atom. The maximum Gasteiger partial charge on any atom is 0.232 e. The molecule has 2 aromatic carbocycles. The number of rotatable bonds is 7. The fourth-order valence-corrected chi connectivity index (χ4v) is 4.25. The minimum atomic E-state index is -0.863. The predicted octanol–water partition coefficient (Wildman–Crippen LogP) is 3.08. The molecule has 2 aromatic rings. The van der Waals surface area contributed by atoms with Crippen LogP contribution in [0.15, 0.2) is 60.7 Å². The van der Waals surface area contributed by atoms with Gasteiger partial charge in [-0.15, -0.1) is 0 Å². The van der Waals surface area contributed by atoms with Gasteiger partial charge in [-0.2, -0.15) is 0 Å². The van der Waals surface area contributed by atoms with Crippen LogP contribution in [-0.4, -0.2) is 40.6 Å². The summed E-state index contributed by atoms with van der Waals surface area (Å²) in [4.78, 5) is 15.2. The molecule has 0 saturated carbocycles. The van der Waals surface area contributed by atoms with Gasteiger partial charge < -0.3 is 10.8 Å². The van der Waals surface area contributed by atoms with Gasteiger partial charge in [-0.1, -0.05) is 60.7 Å². The van der Waals surface area contributed by atoms with Crippen molar-refractivity contribution >= 4 is 5.91 Å². The van der Waals surface area contributed by atoms with Crippen molar-refractivity contribution in [3.8, 4) is 0 Å². The number of hydrogen-bond donors (Lipinski definition) is 2. The zero-order chi connectivity index (χ0) is 19.5. The normalized spacial score (nSPS) is 18.6. The van der Waals surface area contributed by atoms with Crippen molar-refractivity contribution in [1.82, 2.24) is 4.90 Å². The first-order chi connectivity index (χ1) is 12.9. The molecule has 1 atom stereocenters. The van der Waals surface area contributed by atoms with E-state index in [0.717, 1.165) is 30.5 Å². The Labute approximate surface area is 162 Å². The standard InChI is InChI=1S/C23H30N2O2/c1-22(2,25-16-13-20(26)17-25)14-15-23(21(24)27,18-9-5-3-6-10-18)19-11-7-4-8-12-19/h3-12,20,26H,13-17H2,1-2H3,(H2,24,27). The van der Waals surface area contributed by atoms with Crippen LogP contribution in [0.2, 0.25) is 0 Å². The monoisotopic (exact) mass is 366 g/mol. The van der Waals surface area contributed by atoms with E-state index in [1.165, 1.54) is 0 Å². The van der Waals surface area contributed by atoms with Gasteiger partial charge in [0.25, 0.3) is 0 Å². The van der Waals surface area contributed by atoms with Crippen molar-refractivity contribution in [2.24, 2.45) is 5.73 Å². The molecule has 0 bridgehead atoms. The molecule has 144 valence electrons. The molecule has 1 heterocycles. The largest absolute Gasteiger partial charge is 0.392 e. The van der Waals surface area contributed by atoms with Gasteiger partial charge in [0, 0.05) is 18.6 Å². The quantitative estimate of drug-likeness (QED) is 0.791. The Morgan fingerprint density at radius 1 is 1.04 bits per heavy atom. The van der Waals surface area contributed by atoms with Gasteiger partial charge in [-0.05, 0) is 44.2 Å². The zero-order valence-corrected chi connectivity index (χ0v) is 16.3. The van der Waals surface area contributed by atoms with Gasteiger partial charge >= 0.3 is 0 Å². The minimum absolute atomic E-state index is 0.123. The van der Waals surface area contributed by atoms with E-state index in [4.69, 9.17) is 5.73 Å². The molecule has 1 amide bonds. The molecule has 1 fully saturated rings. The average molecular weight is 367 g/mol. The lowest BCUT2D eigenvalue weighted by Crippen LogP contribution is -2.47. The van der Waals surface area contributed by atoms with Gasteiger partial charge in [0.1, 0.15) is 0 Å². The number of nitrogens with two attached hydrogens (primary N) is 1. The number of β-amino-alcohol motifs (C(OH)–C–C–N with tert-alkyl or cyclic N) is 1. The Kier molecular flexibility index (Phi) is 5.68. The summed E-state index contributed by atoms with van der Waals surface area (Å²) in [6.07, 6.45) is 1.97. The molecule has 3 N–H and O–H groups in total. The molecule has 1 aliphatic rings. The molecule has 1 saturated heterocycles. The Balaban J connectivity index is 1.96. The number of benzene rings is 2. The van der Waals surface area contributed by atoms with E-state index in [0.29, 0.717) is 13.0 Å². The van der Waals surface area contributed by atoms with Gasteiger partial charge in [0.2, 0.25) is 5.91 Å². The number of aliphatic hydroxyl groups excluding tert-OH is 1. The van der Waals surface area contributed by atoms with Crippen LogP contribution >= 0.6 is 0 Å². The van der Waals surface area contributed by atoms with Crippen LogP contribution in [0.5, 0.6) is 0 Å². The van der Waals surface area contributed by atoms with Crippen LogP contribution in [0.4, 0.5) is 0 Å². The van der Waals surface area contributed by atoms with Gasteiger partial charge in [0.15, 0.2) is 0 Å². The van der Waals surface area contributed by atoms with E-state index in [2.05, 4.69) is 18.7 Å². The SMILES string of the molecule is CC(C)(CCC(C(N)=O)(c1ccccc1)c1ccccc1)N1CCC(O)C1. The Morgan fingerprint density at radius 2 is 1.56 bits per heavy atom. The maximum absolute atomic E-state index is 12.9. The summed E-state index contributed by atoms with van der Waals surface area (Å²) in [5.41, 5.74) is 6.92. The Bertz CT molecular complexity index is 719. The van der Waals surface area contributed by atoms with Gasteiger partial charge in [-0.25, -0.2) is 0 Å². The van der Waals surface area contributed by atoms with E-state index in [9.17, 15) is 9.90 Å². The number of hydrogen-bond acceptors (Lipinski definition) is 3. The first kappa shape index (κ1) is 19.6. The van der Waals surface area contributed by atoms with Crippen molar-refractivity contribution in [2.75, 3.05) is 13.1 Å². The maximum atomic E-state index is 12.9. The van der Waals surface area contributed by atoms with Crippen LogP contribution in [0.1, 0.15) is 44.2 Å². The second-order valence-electron chi connectivity index (χ2n) is 8.20. The summed E-state index contributed by atoms with van der Waals surface area (Å²) in [6.45, 7) is 5.95. The second-order valence-corrected chi connectivity index (χ2v) is 8.20. The third-order valence-corrected chi connectivity index (χ3v) is 6.09. The lowest BCUT2D eigenvalue weighted by molar-refractivity contribution is -0.122. The highest BCUT2D eigenvalue weighted by Crippen LogP contribution is 2.39. The van der Waals surface area contributed by atoms with E-state index < -0.39 is 5.41 Å². The smallest absolute Gasteiger partial charge is 0.232 e. The van der Waals surface area contributed by atoms with Crippen LogP contribution in [-0.2, 0) is 10.2 Å². The number of carbonyl (C=O) groups is 1. The molecule has 4 nitrogen and oxygen atoms in total. The zero-order valence-electron chi connectivity index (χ0n) is 16.3. The van der Waals surface area contributed by atoms with E-state index in [1.54, 1.807) is 0 Å². The first-order valence-electron chi connectivity index (χ1n) is 9.70. The fourth-order valence-electron chi connectivity index (χ4n) is 4.25. The van der Waals surface area contributed by atoms with Crippen LogP contribution < -0.4 is 5.73 Å². The lowest BCUT2D eigenvalue weighted by Gasteiger charge is -2.40. The van der Waals surface area contributed by atoms with Crippen molar-refractivity contribution in [3.63, 3.8) is 0 Å². The Hall–Kier alpha value is -2.17. The average Bonchev–Trinajstić information content (AvgIpc) is 3.11. The van der Waals surface area contributed by atoms with Gasteiger partial charge in [0.05, 0.1) is 11.5 Å². The summed E-state index contributed by atoms with van der Waals surface area (Å²) in [5.74, 6) is -0.322. The molecular formula is C23H30N2O2. The van der Waals surface area contributed by atoms with E-state index >= 15 is 0 Å². The summed E-state index contributed by atoms with van der Waals surface area (Å²) in [5, 5.41) is 9.92. The highest BCUT2D eigenvalue weighted by molar-refractivity contribution is 5.90. The molecule has 0 aliphatic carbocycles. The molecule has 1 unspecified atom stereocenters. The number of carbonyl (C=O) groups excluding carboxylic acids is 1. The number of nitrogens with zero attached hydrogens (tertiary/aromatic N) is 1. The molecular weight excluding hydrogens is 336 g/mol. The molecule has 1 aliphatic heterocycles. The topological polar surface area (TPSA) is 66.6 Å². The third kappa shape index (κ3) is 3.92. The number of primary amides is 1. The molecule has 0 spiro atoms. The minimum Gasteiger partial charge on any atom is -0.392 e.